The molecule has 0 unspecified atom stereocenters. The van der Waals surface area contributed by atoms with Crippen molar-refractivity contribution in [3.8, 4) is 28.8 Å². The lowest BCUT2D eigenvalue weighted by Gasteiger charge is -2.22. The molecule has 0 radical (unpaired) electrons. The van der Waals surface area contributed by atoms with Crippen LogP contribution in [0.3, 0.4) is 0 Å². The van der Waals surface area contributed by atoms with Gasteiger partial charge in [0, 0.05) is 32.2 Å². The van der Waals surface area contributed by atoms with Gasteiger partial charge in [-0.15, -0.1) is 0 Å². The molecule has 4 rings (SSSR count). The molecule has 1 aromatic carbocycles. The number of hydrogen-bond acceptors (Lipinski definition) is 6. The van der Waals surface area contributed by atoms with Gasteiger partial charge in [-0.2, -0.15) is 5.26 Å². The van der Waals surface area contributed by atoms with Gasteiger partial charge >= 0.3 is 0 Å². The van der Waals surface area contributed by atoms with Crippen molar-refractivity contribution in [1.82, 2.24) is 20.1 Å². The minimum Gasteiger partial charge on any atom is -0.495 e. The molecule has 0 saturated carbocycles. The number of amides is 1. The zero-order valence-corrected chi connectivity index (χ0v) is 17.6. The number of pyridine rings is 1. The van der Waals surface area contributed by atoms with Crippen LogP contribution in [-0.2, 0) is 4.74 Å². The highest BCUT2D eigenvalue weighted by atomic mass is 16.5. The predicted molar refractivity (Wildman–Crippen MR) is 117 cm³/mol. The Hall–Kier alpha value is -3.90. The fourth-order valence-corrected chi connectivity index (χ4v) is 3.64. The molecule has 9 heteroatoms. The zero-order chi connectivity index (χ0) is 22.5. The van der Waals surface area contributed by atoms with Crippen LogP contribution < -0.4 is 15.6 Å². The Kier molecular flexibility index (Phi) is 6.33. The van der Waals surface area contributed by atoms with E-state index in [1.54, 1.807) is 36.5 Å². The summed E-state index contributed by atoms with van der Waals surface area (Å²) in [5.74, 6) is 0.991. The molecule has 1 aliphatic rings. The summed E-state index contributed by atoms with van der Waals surface area (Å²) in [4.78, 5) is 29.6. The van der Waals surface area contributed by atoms with E-state index in [4.69, 9.17) is 14.7 Å². The molecule has 3 heterocycles. The van der Waals surface area contributed by atoms with Gasteiger partial charge in [-0.1, -0.05) is 6.07 Å². The third-order valence-electron chi connectivity index (χ3n) is 5.54. The van der Waals surface area contributed by atoms with Crippen molar-refractivity contribution in [1.29, 1.82) is 5.26 Å². The topological polar surface area (TPSA) is 122 Å². The van der Waals surface area contributed by atoms with Crippen LogP contribution in [0.15, 0.2) is 47.5 Å². The Morgan fingerprint density at radius 2 is 2.16 bits per heavy atom. The first-order valence-corrected chi connectivity index (χ1v) is 10.3. The van der Waals surface area contributed by atoms with E-state index in [1.807, 2.05) is 6.07 Å². The van der Waals surface area contributed by atoms with E-state index in [-0.39, 0.29) is 11.5 Å². The van der Waals surface area contributed by atoms with E-state index in [2.05, 4.69) is 15.4 Å². The number of methoxy groups -OCH3 is 1. The zero-order valence-electron chi connectivity index (χ0n) is 17.6. The molecule has 9 nitrogen and oxygen atoms in total. The molecular formula is C23H23N5O4. The number of carbonyl (C=O) groups is 1. The van der Waals surface area contributed by atoms with Crippen molar-refractivity contribution >= 4 is 5.91 Å². The molecule has 164 valence electrons. The first-order valence-electron chi connectivity index (χ1n) is 10.3. The second-order valence-electron chi connectivity index (χ2n) is 7.53. The maximum atomic E-state index is 12.9. The Labute approximate surface area is 184 Å². The first kappa shape index (κ1) is 21.3. The molecular weight excluding hydrogens is 410 g/mol. The van der Waals surface area contributed by atoms with Gasteiger partial charge in [0.1, 0.15) is 11.8 Å². The van der Waals surface area contributed by atoms with E-state index in [0.717, 1.165) is 26.1 Å². The Morgan fingerprint density at radius 1 is 1.34 bits per heavy atom. The number of aromatic nitrogens is 3. The molecule has 0 aliphatic carbocycles. The van der Waals surface area contributed by atoms with Gasteiger partial charge in [0.15, 0.2) is 5.82 Å². The smallest absolute Gasteiger partial charge is 0.280 e. The van der Waals surface area contributed by atoms with Gasteiger partial charge < -0.3 is 14.8 Å². The maximum absolute atomic E-state index is 12.9. The summed E-state index contributed by atoms with van der Waals surface area (Å²) in [6.07, 6.45) is 4.91. The summed E-state index contributed by atoms with van der Waals surface area (Å²) in [6.45, 7) is 2.08. The van der Waals surface area contributed by atoms with Crippen molar-refractivity contribution in [2.24, 2.45) is 5.92 Å². The second-order valence-corrected chi connectivity index (χ2v) is 7.53. The average molecular weight is 433 g/mol. The summed E-state index contributed by atoms with van der Waals surface area (Å²) in [5.41, 5.74) is 1.54. The molecule has 0 spiro atoms. The number of nitrogens with zero attached hydrogens (tertiary/aromatic N) is 3. The minimum absolute atomic E-state index is 0.195. The number of rotatable bonds is 6. The fourth-order valence-electron chi connectivity index (χ4n) is 3.64. The largest absolute Gasteiger partial charge is 0.495 e. The summed E-state index contributed by atoms with van der Waals surface area (Å²) < 4.78 is 11.9. The van der Waals surface area contributed by atoms with E-state index < -0.39 is 0 Å². The van der Waals surface area contributed by atoms with E-state index in [9.17, 15) is 9.59 Å². The number of ether oxygens (including phenoxy) is 2. The van der Waals surface area contributed by atoms with Crippen molar-refractivity contribution < 1.29 is 14.3 Å². The van der Waals surface area contributed by atoms with Crippen LogP contribution in [0.2, 0.25) is 0 Å². The van der Waals surface area contributed by atoms with Crippen LogP contribution in [0, 0.1) is 17.2 Å². The Balaban J connectivity index is 1.49. The van der Waals surface area contributed by atoms with Gasteiger partial charge in [-0.3, -0.25) is 14.7 Å². The van der Waals surface area contributed by atoms with E-state index >= 15 is 0 Å². The highest BCUT2D eigenvalue weighted by Gasteiger charge is 2.16. The van der Waals surface area contributed by atoms with Crippen LogP contribution >= 0.6 is 0 Å². The maximum Gasteiger partial charge on any atom is 0.280 e. The highest BCUT2D eigenvalue weighted by Crippen LogP contribution is 2.25. The molecule has 3 aromatic rings. The standard InChI is InChI=1S/C23H23N5O4/c1-31-20-10-16(2-3-17(20)11-24)19-14-27-28(23(19)30)21-5-4-18(13-25-21)22(29)26-12-15-6-8-32-9-7-15/h2-5,10,13-15,27H,6-9,12H2,1H3,(H,26,29). The predicted octanol–water partition coefficient (Wildman–Crippen LogP) is 2.26. The van der Waals surface area contributed by atoms with Crippen molar-refractivity contribution in [3.63, 3.8) is 0 Å². The molecule has 32 heavy (non-hydrogen) atoms. The fraction of sp³-hybridized carbons (Fsp3) is 0.304. The second kappa shape index (κ2) is 9.49. The third-order valence-corrected chi connectivity index (χ3v) is 5.54. The SMILES string of the molecule is COc1cc(-c2c[nH]n(-c3ccc(C(=O)NCC4CCOCC4)cn3)c2=O)ccc1C#N. The van der Waals surface area contributed by atoms with Gasteiger partial charge in [0.2, 0.25) is 0 Å². The lowest BCUT2D eigenvalue weighted by Crippen LogP contribution is -2.32. The van der Waals surface area contributed by atoms with Gasteiger partial charge in [-0.05, 0) is 48.6 Å². The Morgan fingerprint density at radius 3 is 2.84 bits per heavy atom. The third kappa shape index (κ3) is 4.40. The molecule has 1 fully saturated rings. The van der Waals surface area contributed by atoms with E-state index in [1.165, 1.54) is 18.0 Å². The number of carbonyl (C=O) groups excluding carboxylic acids is 1. The quantitative estimate of drug-likeness (QED) is 0.615. The van der Waals surface area contributed by atoms with Gasteiger partial charge in [-0.25, -0.2) is 9.67 Å². The summed E-state index contributed by atoms with van der Waals surface area (Å²) in [6, 6.07) is 10.2. The van der Waals surface area contributed by atoms with Crippen LogP contribution in [0.4, 0.5) is 0 Å². The molecule has 2 N–H and O–H groups in total. The number of benzene rings is 1. The van der Waals surface area contributed by atoms with Crippen molar-refractivity contribution in [2.75, 3.05) is 26.9 Å². The average Bonchev–Trinajstić information content (AvgIpc) is 3.24. The number of H-pyrrole nitrogens is 1. The molecule has 0 atom stereocenters. The van der Waals surface area contributed by atoms with Gasteiger partial charge in [0.25, 0.3) is 11.5 Å². The van der Waals surface area contributed by atoms with Crippen LogP contribution in [0.1, 0.15) is 28.8 Å². The summed E-state index contributed by atoms with van der Waals surface area (Å²) in [7, 11) is 1.47. The molecule has 1 amide bonds. The van der Waals surface area contributed by atoms with Gasteiger partial charge in [0.05, 0.1) is 23.8 Å². The number of hydrogen-bond donors (Lipinski definition) is 2. The number of aromatic amines is 1. The molecule has 1 aliphatic heterocycles. The lowest BCUT2D eigenvalue weighted by atomic mass is 10.0. The van der Waals surface area contributed by atoms with Crippen LogP contribution in [-0.4, -0.2) is 47.5 Å². The Bertz CT molecular complexity index is 1200. The molecule has 1 saturated heterocycles. The van der Waals surface area contributed by atoms with Crippen molar-refractivity contribution in [2.45, 2.75) is 12.8 Å². The summed E-state index contributed by atoms with van der Waals surface area (Å²) >= 11 is 0. The number of nitriles is 1. The first-order chi connectivity index (χ1) is 15.6. The molecule has 2 aromatic heterocycles. The van der Waals surface area contributed by atoms with Crippen LogP contribution in [0.5, 0.6) is 5.75 Å². The normalized spacial score (nSPS) is 14.0. The summed E-state index contributed by atoms with van der Waals surface area (Å²) in [5, 5.41) is 15.0. The highest BCUT2D eigenvalue weighted by molar-refractivity contribution is 5.93. The van der Waals surface area contributed by atoms with E-state index in [0.29, 0.717) is 46.3 Å². The molecule has 0 bridgehead atoms. The lowest BCUT2D eigenvalue weighted by molar-refractivity contribution is 0.0642. The minimum atomic E-state index is -0.305. The number of nitrogens with one attached hydrogen (secondary N) is 2. The van der Waals surface area contributed by atoms with Crippen LogP contribution in [0.25, 0.3) is 16.9 Å². The van der Waals surface area contributed by atoms with Crippen molar-refractivity contribution in [3.05, 3.63) is 64.2 Å². The monoisotopic (exact) mass is 433 g/mol.